The number of hydrogen-bond donors (Lipinski definition) is 0. The Morgan fingerprint density at radius 3 is 2.87 bits per heavy atom. The van der Waals surface area contributed by atoms with Gasteiger partial charge in [0.15, 0.2) is 11.6 Å². The molecule has 15 heavy (non-hydrogen) atoms. The van der Waals surface area contributed by atoms with Gasteiger partial charge in [0.1, 0.15) is 6.61 Å². The Balaban J connectivity index is 1.86. The monoisotopic (exact) mass is 206 g/mol. The zero-order valence-electron chi connectivity index (χ0n) is 8.14. The van der Waals surface area contributed by atoms with Gasteiger partial charge in [-0.05, 0) is 18.2 Å². The average Bonchev–Trinajstić information content (AvgIpc) is 2.74. The van der Waals surface area contributed by atoms with Crippen molar-refractivity contribution in [2.45, 2.75) is 6.54 Å². The van der Waals surface area contributed by atoms with Crippen LogP contribution in [0.15, 0.2) is 42.7 Å². The standard InChI is InChI=1S/C11H11FN2O/c12-10-4-1-2-5-11(10)15-9-8-14-7-3-6-13-14/h1-7H,8-9H2. The zero-order valence-corrected chi connectivity index (χ0v) is 8.14. The fourth-order valence-corrected chi connectivity index (χ4v) is 1.24. The van der Waals surface area contributed by atoms with Crippen molar-refractivity contribution in [3.63, 3.8) is 0 Å². The molecule has 78 valence electrons. The van der Waals surface area contributed by atoms with Gasteiger partial charge in [-0.25, -0.2) is 4.39 Å². The van der Waals surface area contributed by atoms with Gasteiger partial charge in [0, 0.05) is 12.4 Å². The Labute approximate surface area is 87.1 Å². The molecule has 2 rings (SSSR count). The number of halogens is 1. The van der Waals surface area contributed by atoms with Crippen LogP contribution in [0.5, 0.6) is 5.75 Å². The molecule has 2 aromatic rings. The predicted molar refractivity (Wildman–Crippen MR) is 54.1 cm³/mol. The third-order valence-electron chi connectivity index (χ3n) is 1.97. The largest absolute Gasteiger partial charge is 0.489 e. The van der Waals surface area contributed by atoms with Crippen LogP contribution >= 0.6 is 0 Å². The lowest BCUT2D eigenvalue weighted by molar-refractivity contribution is 0.278. The molecule has 0 fully saturated rings. The van der Waals surface area contributed by atoms with Gasteiger partial charge in [-0.2, -0.15) is 5.10 Å². The molecule has 0 bridgehead atoms. The minimum Gasteiger partial charge on any atom is -0.489 e. The van der Waals surface area contributed by atoms with E-state index in [-0.39, 0.29) is 11.6 Å². The molecule has 0 N–H and O–H groups in total. The van der Waals surface area contributed by atoms with Crippen molar-refractivity contribution in [2.75, 3.05) is 6.61 Å². The van der Waals surface area contributed by atoms with E-state index in [2.05, 4.69) is 5.10 Å². The second-order valence-electron chi connectivity index (χ2n) is 3.05. The van der Waals surface area contributed by atoms with Gasteiger partial charge in [0.05, 0.1) is 6.54 Å². The number of para-hydroxylation sites is 1. The summed E-state index contributed by atoms with van der Waals surface area (Å²) in [4.78, 5) is 0. The molecule has 1 heterocycles. The van der Waals surface area contributed by atoms with Crippen molar-refractivity contribution in [2.24, 2.45) is 0 Å². The summed E-state index contributed by atoms with van der Waals surface area (Å²) in [5.41, 5.74) is 0. The minimum atomic E-state index is -0.335. The second-order valence-corrected chi connectivity index (χ2v) is 3.05. The molecule has 0 radical (unpaired) electrons. The molecule has 1 aromatic heterocycles. The number of aromatic nitrogens is 2. The van der Waals surface area contributed by atoms with Gasteiger partial charge in [-0.3, -0.25) is 4.68 Å². The summed E-state index contributed by atoms with van der Waals surface area (Å²) in [5.74, 6) is -0.0531. The van der Waals surface area contributed by atoms with Crippen LogP contribution in [0, 0.1) is 5.82 Å². The first kappa shape index (κ1) is 9.71. The quantitative estimate of drug-likeness (QED) is 0.766. The smallest absolute Gasteiger partial charge is 0.165 e. The van der Waals surface area contributed by atoms with Gasteiger partial charge in [0.2, 0.25) is 0 Å². The zero-order chi connectivity index (χ0) is 10.5. The van der Waals surface area contributed by atoms with E-state index in [1.165, 1.54) is 6.07 Å². The van der Waals surface area contributed by atoms with Crippen LogP contribution in [0.3, 0.4) is 0 Å². The highest BCUT2D eigenvalue weighted by molar-refractivity contribution is 5.23. The maximum Gasteiger partial charge on any atom is 0.165 e. The summed E-state index contributed by atoms with van der Waals surface area (Å²) in [6.07, 6.45) is 3.54. The third-order valence-corrected chi connectivity index (χ3v) is 1.97. The number of ether oxygens (including phenoxy) is 1. The first-order valence-electron chi connectivity index (χ1n) is 4.71. The van der Waals surface area contributed by atoms with Crippen molar-refractivity contribution >= 4 is 0 Å². The van der Waals surface area contributed by atoms with E-state index in [4.69, 9.17) is 4.74 Å². The SMILES string of the molecule is Fc1ccccc1OCCn1cccn1. The Morgan fingerprint density at radius 2 is 2.13 bits per heavy atom. The van der Waals surface area contributed by atoms with E-state index >= 15 is 0 Å². The fraction of sp³-hybridized carbons (Fsp3) is 0.182. The molecule has 3 nitrogen and oxygen atoms in total. The molecule has 0 aliphatic heterocycles. The topological polar surface area (TPSA) is 27.1 Å². The molecule has 0 aliphatic rings. The average molecular weight is 206 g/mol. The number of benzene rings is 1. The first-order chi connectivity index (χ1) is 7.36. The lowest BCUT2D eigenvalue weighted by Crippen LogP contribution is -2.08. The van der Waals surface area contributed by atoms with E-state index in [0.29, 0.717) is 13.2 Å². The normalized spacial score (nSPS) is 10.2. The molecular weight excluding hydrogens is 195 g/mol. The van der Waals surface area contributed by atoms with Crippen LogP contribution in [-0.4, -0.2) is 16.4 Å². The molecule has 0 saturated carbocycles. The molecule has 0 amide bonds. The van der Waals surface area contributed by atoms with Crippen LogP contribution in [0.2, 0.25) is 0 Å². The second kappa shape index (κ2) is 4.59. The molecule has 4 heteroatoms. The number of hydrogen-bond acceptors (Lipinski definition) is 2. The number of nitrogens with zero attached hydrogens (tertiary/aromatic N) is 2. The summed E-state index contributed by atoms with van der Waals surface area (Å²) < 4.78 is 20.1. The summed E-state index contributed by atoms with van der Waals surface area (Å²) >= 11 is 0. The van der Waals surface area contributed by atoms with E-state index in [9.17, 15) is 4.39 Å². The van der Waals surface area contributed by atoms with Crippen LogP contribution in [-0.2, 0) is 6.54 Å². The molecule has 0 atom stereocenters. The maximum atomic E-state index is 13.1. The van der Waals surface area contributed by atoms with Crippen LogP contribution in [0.25, 0.3) is 0 Å². The predicted octanol–water partition coefficient (Wildman–Crippen LogP) is 2.10. The summed E-state index contributed by atoms with van der Waals surface area (Å²) in [6, 6.07) is 8.20. The lowest BCUT2D eigenvalue weighted by atomic mass is 10.3. The van der Waals surface area contributed by atoms with Crippen molar-refractivity contribution in [1.82, 2.24) is 9.78 Å². The van der Waals surface area contributed by atoms with Crippen LogP contribution < -0.4 is 4.74 Å². The molecule has 0 aliphatic carbocycles. The highest BCUT2D eigenvalue weighted by Gasteiger charge is 2.00. The highest BCUT2D eigenvalue weighted by atomic mass is 19.1. The summed E-state index contributed by atoms with van der Waals surface area (Å²) in [5, 5.41) is 4.01. The highest BCUT2D eigenvalue weighted by Crippen LogP contribution is 2.14. The Hall–Kier alpha value is -1.84. The van der Waals surface area contributed by atoms with Crippen molar-refractivity contribution in [1.29, 1.82) is 0 Å². The van der Waals surface area contributed by atoms with Crippen LogP contribution in [0.1, 0.15) is 0 Å². The van der Waals surface area contributed by atoms with E-state index < -0.39 is 0 Å². The van der Waals surface area contributed by atoms with E-state index in [1.807, 2.05) is 12.3 Å². The van der Waals surface area contributed by atoms with Crippen molar-refractivity contribution in [3.8, 4) is 5.75 Å². The Morgan fingerprint density at radius 1 is 1.27 bits per heavy atom. The molecule has 0 spiro atoms. The Bertz CT molecular complexity index is 414. The van der Waals surface area contributed by atoms with Crippen LogP contribution in [0.4, 0.5) is 4.39 Å². The summed E-state index contributed by atoms with van der Waals surface area (Å²) in [6.45, 7) is 1.02. The molecule has 0 unspecified atom stereocenters. The third kappa shape index (κ3) is 2.56. The number of rotatable bonds is 4. The fourth-order valence-electron chi connectivity index (χ4n) is 1.24. The van der Waals surface area contributed by atoms with E-state index in [1.54, 1.807) is 29.1 Å². The van der Waals surface area contributed by atoms with Crippen molar-refractivity contribution in [3.05, 3.63) is 48.5 Å². The van der Waals surface area contributed by atoms with Gasteiger partial charge in [0.25, 0.3) is 0 Å². The molecule has 1 aromatic carbocycles. The first-order valence-corrected chi connectivity index (χ1v) is 4.71. The maximum absolute atomic E-state index is 13.1. The van der Waals surface area contributed by atoms with Gasteiger partial charge in [-0.1, -0.05) is 12.1 Å². The van der Waals surface area contributed by atoms with Gasteiger partial charge >= 0.3 is 0 Å². The van der Waals surface area contributed by atoms with Gasteiger partial charge < -0.3 is 4.74 Å². The lowest BCUT2D eigenvalue weighted by Gasteiger charge is -2.06. The van der Waals surface area contributed by atoms with Crippen molar-refractivity contribution < 1.29 is 9.13 Å². The Kier molecular flexibility index (Phi) is 2.97. The molecule has 0 saturated heterocycles. The van der Waals surface area contributed by atoms with E-state index in [0.717, 1.165) is 0 Å². The molecular formula is C11H11FN2O. The minimum absolute atomic E-state index is 0.282. The van der Waals surface area contributed by atoms with Gasteiger partial charge in [-0.15, -0.1) is 0 Å². The summed E-state index contributed by atoms with van der Waals surface area (Å²) in [7, 11) is 0.